The van der Waals surface area contributed by atoms with Crippen molar-refractivity contribution in [1.29, 1.82) is 0 Å². The number of nitrogens with two attached hydrogens (primary N) is 2. The van der Waals surface area contributed by atoms with Crippen molar-refractivity contribution in [3.63, 3.8) is 0 Å². The first-order chi connectivity index (χ1) is 6.09. The summed E-state index contributed by atoms with van der Waals surface area (Å²) < 4.78 is 12.5. The molecule has 0 fully saturated rings. The van der Waals surface area contributed by atoms with Crippen LogP contribution in [0, 0.1) is 5.82 Å². The number of carbonyl (C=O) groups is 1. The second-order valence-corrected chi connectivity index (χ2v) is 2.84. The van der Waals surface area contributed by atoms with Crippen LogP contribution in [0.3, 0.4) is 0 Å². The number of rotatable bonds is 3. The minimum atomic E-state index is -0.703. The summed E-state index contributed by atoms with van der Waals surface area (Å²) in [5.74, 6) is -0.860. The lowest BCUT2D eigenvalue weighted by atomic mass is 10.1. The molecular formula is C9H11FN2O. The molecule has 1 aromatic carbocycles. The zero-order valence-corrected chi connectivity index (χ0v) is 7.03. The van der Waals surface area contributed by atoms with Gasteiger partial charge in [0, 0.05) is 0 Å². The van der Waals surface area contributed by atoms with E-state index in [2.05, 4.69) is 0 Å². The van der Waals surface area contributed by atoms with Gasteiger partial charge in [0.05, 0.1) is 6.04 Å². The lowest BCUT2D eigenvalue weighted by Gasteiger charge is -2.06. The van der Waals surface area contributed by atoms with Crippen LogP contribution in [0.1, 0.15) is 5.56 Å². The summed E-state index contributed by atoms with van der Waals surface area (Å²) in [6.45, 7) is 0. The van der Waals surface area contributed by atoms with Gasteiger partial charge in [0.25, 0.3) is 0 Å². The molecule has 0 heterocycles. The van der Waals surface area contributed by atoms with Crippen molar-refractivity contribution in [2.75, 3.05) is 0 Å². The Morgan fingerprint density at radius 2 is 1.92 bits per heavy atom. The van der Waals surface area contributed by atoms with Gasteiger partial charge in [0.1, 0.15) is 5.82 Å². The minimum Gasteiger partial charge on any atom is -0.368 e. The molecule has 0 radical (unpaired) electrons. The Morgan fingerprint density at radius 3 is 2.38 bits per heavy atom. The van der Waals surface area contributed by atoms with Crippen molar-refractivity contribution in [3.8, 4) is 0 Å². The fraction of sp³-hybridized carbons (Fsp3) is 0.222. The van der Waals surface area contributed by atoms with E-state index in [9.17, 15) is 9.18 Å². The lowest BCUT2D eigenvalue weighted by Crippen LogP contribution is -2.38. The Morgan fingerprint density at radius 1 is 1.38 bits per heavy atom. The fourth-order valence-electron chi connectivity index (χ4n) is 0.975. The summed E-state index contributed by atoms with van der Waals surface area (Å²) in [4.78, 5) is 10.6. The quantitative estimate of drug-likeness (QED) is 0.700. The van der Waals surface area contributed by atoms with Crippen molar-refractivity contribution in [1.82, 2.24) is 0 Å². The molecule has 0 saturated carbocycles. The molecule has 4 heteroatoms. The molecule has 13 heavy (non-hydrogen) atoms. The third-order valence-corrected chi connectivity index (χ3v) is 1.73. The third kappa shape index (κ3) is 2.83. The van der Waals surface area contributed by atoms with E-state index in [4.69, 9.17) is 11.5 Å². The summed E-state index contributed by atoms with van der Waals surface area (Å²) in [7, 11) is 0. The minimum absolute atomic E-state index is 0.309. The lowest BCUT2D eigenvalue weighted by molar-refractivity contribution is -0.119. The van der Waals surface area contributed by atoms with E-state index in [0.717, 1.165) is 5.56 Å². The van der Waals surface area contributed by atoms with Gasteiger partial charge in [-0.3, -0.25) is 4.79 Å². The molecule has 0 aliphatic heterocycles. The van der Waals surface area contributed by atoms with Gasteiger partial charge < -0.3 is 11.5 Å². The molecule has 1 aromatic rings. The molecule has 3 nitrogen and oxygen atoms in total. The Hall–Kier alpha value is -1.42. The van der Waals surface area contributed by atoms with Crippen LogP contribution < -0.4 is 11.5 Å². The number of halogens is 1. The Labute approximate surface area is 75.5 Å². The van der Waals surface area contributed by atoms with Gasteiger partial charge in [0.15, 0.2) is 0 Å². The zero-order valence-electron chi connectivity index (χ0n) is 7.03. The molecule has 4 N–H and O–H groups in total. The molecule has 1 amide bonds. The molecule has 1 atom stereocenters. The predicted octanol–water partition coefficient (Wildman–Crippen LogP) is 0.181. The standard InChI is InChI=1S/C9H11FN2O/c10-7-3-1-6(2-4-7)5-8(11)9(12)13/h1-4,8H,5,11H2,(H2,12,13)/t8-/m0/s1. The Kier molecular flexibility index (Phi) is 2.97. The molecule has 0 spiro atoms. The van der Waals surface area contributed by atoms with E-state index in [0.29, 0.717) is 6.42 Å². The van der Waals surface area contributed by atoms with E-state index >= 15 is 0 Å². The van der Waals surface area contributed by atoms with Gasteiger partial charge in [-0.2, -0.15) is 0 Å². The van der Waals surface area contributed by atoms with Crippen LogP contribution >= 0.6 is 0 Å². The Balaban J connectivity index is 2.64. The first kappa shape index (κ1) is 9.67. The topological polar surface area (TPSA) is 69.1 Å². The van der Waals surface area contributed by atoms with Gasteiger partial charge in [0.2, 0.25) is 5.91 Å². The number of amides is 1. The van der Waals surface area contributed by atoms with Gasteiger partial charge >= 0.3 is 0 Å². The van der Waals surface area contributed by atoms with Crippen LogP contribution in [0.5, 0.6) is 0 Å². The van der Waals surface area contributed by atoms with Crippen molar-refractivity contribution in [3.05, 3.63) is 35.6 Å². The largest absolute Gasteiger partial charge is 0.368 e. The average molecular weight is 182 g/mol. The summed E-state index contributed by atoms with van der Waals surface area (Å²) in [5.41, 5.74) is 11.2. The fourth-order valence-corrected chi connectivity index (χ4v) is 0.975. The smallest absolute Gasteiger partial charge is 0.234 e. The SMILES string of the molecule is NC(=O)[C@@H](N)Cc1ccc(F)cc1. The summed E-state index contributed by atoms with van der Waals surface area (Å²) in [5, 5.41) is 0. The van der Waals surface area contributed by atoms with Crippen molar-refractivity contribution >= 4 is 5.91 Å². The predicted molar refractivity (Wildman–Crippen MR) is 47.3 cm³/mol. The number of primary amides is 1. The number of carbonyl (C=O) groups excluding carboxylic acids is 1. The molecule has 0 aliphatic rings. The van der Waals surface area contributed by atoms with Crippen molar-refractivity contribution in [2.24, 2.45) is 11.5 Å². The van der Waals surface area contributed by atoms with E-state index in [1.807, 2.05) is 0 Å². The van der Waals surface area contributed by atoms with E-state index < -0.39 is 11.9 Å². The van der Waals surface area contributed by atoms with Crippen LogP contribution in [-0.2, 0) is 11.2 Å². The normalized spacial score (nSPS) is 12.5. The molecule has 0 bridgehead atoms. The molecule has 1 rings (SSSR count). The molecule has 70 valence electrons. The van der Waals surface area contributed by atoms with E-state index in [1.54, 1.807) is 12.1 Å². The van der Waals surface area contributed by atoms with Gasteiger partial charge in [-0.1, -0.05) is 12.1 Å². The summed E-state index contributed by atoms with van der Waals surface area (Å²) >= 11 is 0. The van der Waals surface area contributed by atoms with Crippen LogP contribution in [-0.4, -0.2) is 11.9 Å². The number of hydrogen-bond donors (Lipinski definition) is 2. The van der Waals surface area contributed by atoms with Crippen LogP contribution in [0.15, 0.2) is 24.3 Å². The molecule has 0 aliphatic carbocycles. The number of benzene rings is 1. The van der Waals surface area contributed by atoms with Crippen molar-refractivity contribution in [2.45, 2.75) is 12.5 Å². The van der Waals surface area contributed by atoms with E-state index in [-0.39, 0.29) is 5.82 Å². The van der Waals surface area contributed by atoms with Gasteiger partial charge in [-0.25, -0.2) is 4.39 Å². The maximum Gasteiger partial charge on any atom is 0.234 e. The first-order valence-electron chi connectivity index (χ1n) is 3.89. The van der Waals surface area contributed by atoms with Crippen molar-refractivity contribution < 1.29 is 9.18 Å². The molecular weight excluding hydrogens is 171 g/mol. The highest BCUT2D eigenvalue weighted by Gasteiger charge is 2.09. The third-order valence-electron chi connectivity index (χ3n) is 1.73. The maximum atomic E-state index is 12.5. The maximum absolute atomic E-state index is 12.5. The zero-order chi connectivity index (χ0) is 9.84. The average Bonchev–Trinajstić information content (AvgIpc) is 2.08. The Bertz CT molecular complexity index is 297. The summed E-state index contributed by atoms with van der Waals surface area (Å²) in [6.07, 6.45) is 0.343. The van der Waals surface area contributed by atoms with Crippen LogP contribution in [0.4, 0.5) is 4.39 Å². The molecule has 0 aromatic heterocycles. The highest BCUT2D eigenvalue weighted by molar-refractivity contribution is 5.79. The molecule has 0 saturated heterocycles. The monoisotopic (exact) mass is 182 g/mol. The first-order valence-corrected chi connectivity index (χ1v) is 3.89. The van der Waals surface area contributed by atoms with Crippen LogP contribution in [0.25, 0.3) is 0 Å². The second-order valence-electron chi connectivity index (χ2n) is 2.84. The highest BCUT2D eigenvalue weighted by Crippen LogP contribution is 2.04. The second kappa shape index (κ2) is 4.00. The number of hydrogen-bond acceptors (Lipinski definition) is 2. The van der Waals surface area contributed by atoms with Gasteiger partial charge in [-0.05, 0) is 24.1 Å². The van der Waals surface area contributed by atoms with Gasteiger partial charge in [-0.15, -0.1) is 0 Å². The van der Waals surface area contributed by atoms with Crippen LogP contribution in [0.2, 0.25) is 0 Å². The van der Waals surface area contributed by atoms with E-state index in [1.165, 1.54) is 12.1 Å². The summed E-state index contributed by atoms with van der Waals surface area (Å²) in [6, 6.07) is 5.10. The highest BCUT2D eigenvalue weighted by atomic mass is 19.1. The molecule has 0 unspecified atom stereocenters.